The lowest BCUT2D eigenvalue weighted by Gasteiger charge is -2.09. The van der Waals surface area contributed by atoms with Crippen LogP contribution in [0.2, 0.25) is 0 Å². The number of carbonyl (C=O) groups excluding carboxylic acids is 1. The molecule has 2 amide bonds. The summed E-state index contributed by atoms with van der Waals surface area (Å²) in [5.41, 5.74) is 1.83. The van der Waals surface area contributed by atoms with E-state index in [1.165, 1.54) is 0 Å². The van der Waals surface area contributed by atoms with E-state index in [0.717, 1.165) is 17.8 Å². The zero-order valence-electron chi connectivity index (χ0n) is 12.2. The van der Waals surface area contributed by atoms with E-state index in [1.807, 2.05) is 60.3 Å². The fraction of sp³-hybridized carbons (Fsp3) is 0.312. The summed E-state index contributed by atoms with van der Waals surface area (Å²) >= 11 is 0. The predicted octanol–water partition coefficient (Wildman–Crippen LogP) is 3.03. The smallest absolute Gasteiger partial charge is 0.319 e. The van der Waals surface area contributed by atoms with Gasteiger partial charge in [-0.1, -0.05) is 0 Å². The van der Waals surface area contributed by atoms with Crippen LogP contribution < -0.4 is 10.6 Å². The van der Waals surface area contributed by atoms with Gasteiger partial charge in [0, 0.05) is 43.5 Å². The lowest BCUT2D eigenvalue weighted by Crippen LogP contribution is -2.30. The van der Waals surface area contributed by atoms with Gasteiger partial charge in [-0.25, -0.2) is 4.79 Å². The van der Waals surface area contributed by atoms with Gasteiger partial charge in [0.25, 0.3) is 0 Å². The standard InChI is InChI=1S/C16H21N3O2/c1-2-21-13-5-10-17-16(20)18-14-6-8-15(9-7-14)19-11-3-4-12-19/h3-4,6-9,11-12H,2,5,10,13H2,1H3,(H2,17,18,20). The van der Waals surface area contributed by atoms with Gasteiger partial charge in [-0.05, 0) is 49.7 Å². The van der Waals surface area contributed by atoms with E-state index in [1.54, 1.807) is 0 Å². The quantitative estimate of drug-likeness (QED) is 0.769. The van der Waals surface area contributed by atoms with Gasteiger partial charge in [-0.3, -0.25) is 0 Å². The van der Waals surface area contributed by atoms with E-state index in [4.69, 9.17) is 4.74 Å². The number of nitrogens with zero attached hydrogens (tertiary/aromatic N) is 1. The number of hydrogen-bond acceptors (Lipinski definition) is 2. The third-order valence-corrected chi connectivity index (χ3v) is 2.98. The molecule has 5 heteroatoms. The highest BCUT2D eigenvalue weighted by molar-refractivity contribution is 5.89. The van der Waals surface area contributed by atoms with Crippen molar-refractivity contribution in [3.05, 3.63) is 48.8 Å². The van der Waals surface area contributed by atoms with E-state index in [-0.39, 0.29) is 6.03 Å². The molecule has 112 valence electrons. The van der Waals surface area contributed by atoms with Gasteiger partial charge in [0.15, 0.2) is 0 Å². The molecular weight excluding hydrogens is 266 g/mol. The van der Waals surface area contributed by atoms with Crippen LogP contribution in [-0.4, -0.2) is 30.4 Å². The van der Waals surface area contributed by atoms with Crippen molar-refractivity contribution in [3.8, 4) is 5.69 Å². The Labute approximate surface area is 124 Å². The number of anilines is 1. The van der Waals surface area contributed by atoms with Crippen molar-refractivity contribution >= 4 is 11.7 Å². The van der Waals surface area contributed by atoms with Crippen molar-refractivity contribution in [2.24, 2.45) is 0 Å². The average molecular weight is 287 g/mol. The lowest BCUT2D eigenvalue weighted by molar-refractivity contribution is 0.145. The molecule has 1 aromatic heterocycles. The van der Waals surface area contributed by atoms with Gasteiger partial charge < -0.3 is 19.9 Å². The molecule has 2 aromatic rings. The molecule has 1 aromatic carbocycles. The molecule has 2 N–H and O–H groups in total. The molecule has 0 fully saturated rings. The zero-order valence-corrected chi connectivity index (χ0v) is 12.2. The normalized spacial score (nSPS) is 10.3. The summed E-state index contributed by atoms with van der Waals surface area (Å²) < 4.78 is 7.22. The number of rotatable bonds is 7. The average Bonchev–Trinajstić information content (AvgIpc) is 3.02. The highest BCUT2D eigenvalue weighted by atomic mass is 16.5. The zero-order chi connectivity index (χ0) is 14.9. The number of ether oxygens (including phenoxy) is 1. The molecule has 0 unspecified atom stereocenters. The van der Waals surface area contributed by atoms with E-state index in [2.05, 4.69) is 10.6 Å². The molecule has 0 aliphatic rings. The maximum atomic E-state index is 11.7. The van der Waals surface area contributed by atoms with Crippen molar-refractivity contribution in [2.45, 2.75) is 13.3 Å². The molecule has 0 radical (unpaired) electrons. The van der Waals surface area contributed by atoms with Crippen LogP contribution in [0.5, 0.6) is 0 Å². The van der Waals surface area contributed by atoms with Crippen molar-refractivity contribution < 1.29 is 9.53 Å². The fourth-order valence-corrected chi connectivity index (χ4v) is 1.92. The molecule has 21 heavy (non-hydrogen) atoms. The second kappa shape index (κ2) is 8.11. The van der Waals surface area contributed by atoms with Crippen molar-refractivity contribution in [1.29, 1.82) is 0 Å². The molecule has 0 atom stereocenters. The first-order chi connectivity index (χ1) is 10.3. The van der Waals surface area contributed by atoms with Gasteiger partial charge in [0.05, 0.1) is 0 Å². The minimum atomic E-state index is -0.194. The molecule has 5 nitrogen and oxygen atoms in total. The number of aromatic nitrogens is 1. The Kier molecular flexibility index (Phi) is 5.84. The number of nitrogens with one attached hydrogen (secondary N) is 2. The lowest BCUT2D eigenvalue weighted by atomic mass is 10.3. The molecule has 1 heterocycles. The van der Waals surface area contributed by atoms with Crippen LogP contribution in [0.15, 0.2) is 48.8 Å². The Hall–Kier alpha value is -2.27. The number of amides is 2. The maximum Gasteiger partial charge on any atom is 0.319 e. The highest BCUT2D eigenvalue weighted by Gasteiger charge is 2.01. The summed E-state index contributed by atoms with van der Waals surface area (Å²) in [5, 5.41) is 5.60. The Morgan fingerprint density at radius 2 is 1.90 bits per heavy atom. The third kappa shape index (κ3) is 4.96. The predicted molar refractivity (Wildman–Crippen MR) is 83.9 cm³/mol. The first kappa shape index (κ1) is 15.1. The van der Waals surface area contributed by atoms with E-state index in [9.17, 15) is 4.79 Å². The molecule has 0 saturated carbocycles. The molecule has 2 rings (SSSR count). The van der Waals surface area contributed by atoms with Gasteiger partial charge in [0.1, 0.15) is 0 Å². The largest absolute Gasteiger partial charge is 0.382 e. The van der Waals surface area contributed by atoms with Crippen LogP contribution in [0.1, 0.15) is 13.3 Å². The minimum absolute atomic E-state index is 0.194. The fourth-order valence-electron chi connectivity index (χ4n) is 1.92. The van der Waals surface area contributed by atoms with Gasteiger partial charge in [-0.2, -0.15) is 0 Å². The van der Waals surface area contributed by atoms with E-state index in [0.29, 0.717) is 19.8 Å². The number of urea groups is 1. The van der Waals surface area contributed by atoms with Crippen molar-refractivity contribution in [1.82, 2.24) is 9.88 Å². The summed E-state index contributed by atoms with van der Waals surface area (Å²) in [7, 11) is 0. The number of hydrogen-bond donors (Lipinski definition) is 2. The van der Waals surface area contributed by atoms with Crippen LogP contribution in [-0.2, 0) is 4.74 Å². The molecule has 0 bridgehead atoms. The Bertz CT molecular complexity index is 535. The van der Waals surface area contributed by atoms with Crippen molar-refractivity contribution in [2.75, 3.05) is 25.1 Å². The summed E-state index contributed by atoms with van der Waals surface area (Å²) in [6, 6.07) is 11.4. The first-order valence-corrected chi connectivity index (χ1v) is 7.15. The van der Waals surface area contributed by atoms with Crippen LogP contribution in [0.25, 0.3) is 5.69 Å². The second-order valence-electron chi connectivity index (χ2n) is 4.57. The monoisotopic (exact) mass is 287 g/mol. The summed E-state index contributed by atoms with van der Waals surface area (Å²) in [6.07, 6.45) is 4.77. The highest BCUT2D eigenvalue weighted by Crippen LogP contribution is 2.13. The second-order valence-corrected chi connectivity index (χ2v) is 4.57. The Balaban J connectivity index is 1.76. The van der Waals surface area contributed by atoms with E-state index >= 15 is 0 Å². The molecule has 0 aliphatic carbocycles. The maximum absolute atomic E-state index is 11.7. The number of carbonyl (C=O) groups is 1. The Morgan fingerprint density at radius 1 is 1.19 bits per heavy atom. The van der Waals surface area contributed by atoms with Gasteiger partial charge in [0.2, 0.25) is 0 Å². The van der Waals surface area contributed by atoms with Crippen LogP contribution in [0, 0.1) is 0 Å². The molecule has 0 saturated heterocycles. The molecule has 0 aliphatic heterocycles. The molecule has 0 spiro atoms. The SMILES string of the molecule is CCOCCCNC(=O)Nc1ccc(-n2cccc2)cc1. The van der Waals surface area contributed by atoms with Crippen LogP contribution >= 0.6 is 0 Å². The van der Waals surface area contributed by atoms with Gasteiger partial charge in [-0.15, -0.1) is 0 Å². The van der Waals surface area contributed by atoms with Gasteiger partial charge >= 0.3 is 6.03 Å². The first-order valence-electron chi connectivity index (χ1n) is 7.15. The third-order valence-electron chi connectivity index (χ3n) is 2.98. The summed E-state index contributed by atoms with van der Waals surface area (Å²) in [5.74, 6) is 0. The summed E-state index contributed by atoms with van der Waals surface area (Å²) in [6.45, 7) is 3.94. The van der Waals surface area contributed by atoms with Crippen molar-refractivity contribution in [3.63, 3.8) is 0 Å². The topological polar surface area (TPSA) is 55.3 Å². The van der Waals surface area contributed by atoms with E-state index < -0.39 is 0 Å². The van der Waals surface area contributed by atoms with Crippen LogP contribution in [0.4, 0.5) is 10.5 Å². The minimum Gasteiger partial charge on any atom is -0.382 e. The summed E-state index contributed by atoms with van der Waals surface area (Å²) in [4.78, 5) is 11.7. The van der Waals surface area contributed by atoms with Crippen LogP contribution in [0.3, 0.4) is 0 Å². The Morgan fingerprint density at radius 3 is 2.57 bits per heavy atom. The molecular formula is C16H21N3O2. The number of benzene rings is 1.